The van der Waals surface area contributed by atoms with Gasteiger partial charge in [0.1, 0.15) is 5.82 Å². The number of nitrogens with zero attached hydrogens (tertiary/aromatic N) is 1. The van der Waals surface area contributed by atoms with E-state index in [1.807, 2.05) is 12.3 Å². The molecule has 0 aliphatic carbocycles. The Morgan fingerprint density at radius 1 is 0.958 bits per heavy atom. The van der Waals surface area contributed by atoms with Crippen LogP contribution in [0.2, 0.25) is 0 Å². The van der Waals surface area contributed by atoms with E-state index in [1.165, 1.54) is 16.3 Å². The van der Waals surface area contributed by atoms with Crippen molar-refractivity contribution >= 4 is 27.4 Å². The van der Waals surface area contributed by atoms with Gasteiger partial charge in [0.15, 0.2) is 0 Å². The van der Waals surface area contributed by atoms with Gasteiger partial charge in [0.2, 0.25) is 0 Å². The van der Waals surface area contributed by atoms with E-state index in [1.54, 1.807) is 0 Å². The van der Waals surface area contributed by atoms with Crippen molar-refractivity contribution < 1.29 is 4.21 Å². The van der Waals surface area contributed by atoms with Crippen LogP contribution >= 0.6 is 0 Å². The molecule has 0 spiro atoms. The topological polar surface area (TPSA) is 42.0 Å². The summed E-state index contributed by atoms with van der Waals surface area (Å²) in [4.78, 5) is 4.59. The summed E-state index contributed by atoms with van der Waals surface area (Å²) in [6.45, 7) is 0. The van der Waals surface area contributed by atoms with Gasteiger partial charge in [0, 0.05) is 40.1 Å². The van der Waals surface area contributed by atoms with Crippen molar-refractivity contribution in [3.8, 4) is 11.1 Å². The second-order valence-corrected chi connectivity index (χ2v) is 7.92. The minimum Gasteiger partial charge on any atom is -0.367 e. The molecule has 1 aromatic heterocycles. The molecule has 1 aliphatic rings. The summed E-state index contributed by atoms with van der Waals surface area (Å²) in [5.74, 6) is 2.49. The molecule has 4 rings (SSSR count). The smallest absolute Gasteiger partial charge is 0.126 e. The van der Waals surface area contributed by atoms with Gasteiger partial charge in [-0.25, -0.2) is 4.98 Å². The summed E-state index contributed by atoms with van der Waals surface area (Å²) in [7, 11) is -0.621. The van der Waals surface area contributed by atoms with Gasteiger partial charge in [-0.1, -0.05) is 42.5 Å². The first-order valence-corrected chi connectivity index (χ1v) is 9.84. The molecule has 0 bridgehead atoms. The van der Waals surface area contributed by atoms with E-state index < -0.39 is 10.8 Å². The van der Waals surface area contributed by atoms with E-state index in [0.29, 0.717) is 6.04 Å². The van der Waals surface area contributed by atoms with Gasteiger partial charge >= 0.3 is 0 Å². The van der Waals surface area contributed by atoms with Gasteiger partial charge in [0.05, 0.1) is 0 Å². The fourth-order valence-corrected chi connectivity index (χ4v) is 4.56. The lowest BCUT2D eigenvalue weighted by molar-refractivity contribution is 0.622. The van der Waals surface area contributed by atoms with Crippen LogP contribution in [0.4, 0.5) is 5.82 Å². The van der Waals surface area contributed by atoms with Gasteiger partial charge in [-0.05, 0) is 41.3 Å². The number of anilines is 1. The van der Waals surface area contributed by atoms with Crippen LogP contribution in [0.1, 0.15) is 12.8 Å². The van der Waals surface area contributed by atoms with E-state index in [0.717, 1.165) is 35.7 Å². The Bertz CT molecular complexity index is 861. The normalized spacial score (nSPS) is 20.8. The van der Waals surface area contributed by atoms with Gasteiger partial charge in [-0.2, -0.15) is 0 Å². The number of pyridine rings is 1. The monoisotopic (exact) mass is 336 g/mol. The van der Waals surface area contributed by atoms with Gasteiger partial charge in [0.25, 0.3) is 0 Å². The van der Waals surface area contributed by atoms with E-state index in [4.69, 9.17) is 0 Å². The molecule has 2 heterocycles. The van der Waals surface area contributed by atoms with Gasteiger partial charge in [-0.3, -0.25) is 4.21 Å². The van der Waals surface area contributed by atoms with Gasteiger partial charge < -0.3 is 5.32 Å². The van der Waals surface area contributed by atoms with Crippen LogP contribution < -0.4 is 5.32 Å². The molecule has 1 saturated heterocycles. The van der Waals surface area contributed by atoms with Crippen molar-refractivity contribution in [3.05, 3.63) is 60.8 Å². The lowest BCUT2D eigenvalue weighted by Gasteiger charge is -2.23. The fraction of sp³-hybridized carbons (Fsp3) is 0.250. The number of hydrogen-bond donors (Lipinski definition) is 1. The Morgan fingerprint density at radius 3 is 2.54 bits per heavy atom. The predicted molar refractivity (Wildman–Crippen MR) is 102 cm³/mol. The van der Waals surface area contributed by atoms with E-state index in [2.05, 4.69) is 58.8 Å². The highest BCUT2D eigenvalue weighted by atomic mass is 32.2. The second kappa shape index (κ2) is 6.73. The molecule has 24 heavy (non-hydrogen) atoms. The molecule has 0 saturated carbocycles. The molecule has 1 fully saturated rings. The molecule has 3 nitrogen and oxygen atoms in total. The highest BCUT2D eigenvalue weighted by Gasteiger charge is 2.17. The molecule has 0 amide bonds. The van der Waals surface area contributed by atoms with E-state index in [9.17, 15) is 4.21 Å². The highest BCUT2D eigenvalue weighted by Crippen LogP contribution is 2.28. The molecule has 4 heteroatoms. The summed E-state index contributed by atoms with van der Waals surface area (Å²) in [6.07, 6.45) is 3.85. The van der Waals surface area contributed by atoms with Crippen LogP contribution in [0.25, 0.3) is 21.9 Å². The summed E-state index contributed by atoms with van der Waals surface area (Å²) in [5, 5.41) is 5.96. The molecule has 2 aromatic carbocycles. The average Bonchev–Trinajstić information content (AvgIpc) is 2.64. The molecule has 122 valence electrons. The summed E-state index contributed by atoms with van der Waals surface area (Å²) < 4.78 is 11.4. The van der Waals surface area contributed by atoms with Crippen molar-refractivity contribution in [2.45, 2.75) is 18.9 Å². The number of benzene rings is 2. The Morgan fingerprint density at radius 2 is 1.75 bits per heavy atom. The van der Waals surface area contributed by atoms with E-state index in [-0.39, 0.29) is 0 Å². The zero-order valence-electron chi connectivity index (χ0n) is 13.4. The molecule has 1 aliphatic heterocycles. The molecule has 1 N–H and O–H groups in total. The summed E-state index contributed by atoms with van der Waals surface area (Å²) in [6, 6.07) is 19.3. The van der Waals surface area contributed by atoms with Crippen molar-refractivity contribution in [2.24, 2.45) is 0 Å². The second-order valence-electron chi connectivity index (χ2n) is 6.23. The van der Waals surface area contributed by atoms with Crippen LogP contribution in [0, 0.1) is 0 Å². The lowest BCUT2D eigenvalue weighted by atomic mass is 9.99. The SMILES string of the molecule is O=S1CCC(Nc2ccc(-c3cccc4ccccc34)cn2)CC1. The predicted octanol–water partition coefficient (Wildman–Crippen LogP) is 4.22. The first-order chi connectivity index (χ1) is 11.8. The number of fused-ring (bicyclic) bond motifs is 1. The third-order valence-electron chi connectivity index (χ3n) is 4.60. The minimum absolute atomic E-state index is 0.388. The number of nitrogens with one attached hydrogen (secondary N) is 1. The standard InChI is InChI=1S/C20H20N2OS/c23-24-12-10-17(11-13-24)22-20-9-8-16(14-21-20)19-7-3-5-15-4-1-2-6-18(15)19/h1-9,14,17H,10-13H2,(H,21,22). The summed E-state index contributed by atoms with van der Waals surface area (Å²) >= 11 is 0. The maximum absolute atomic E-state index is 11.4. The molecule has 3 aromatic rings. The zero-order chi connectivity index (χ0) is 16.4. The Hall–Kier alpha value is -2.20. The van der Waals surface area contributed by atoms with Crippen molar-refractivity contribution in [3.63, 3.8) is 0 Å². The Kier molecular flexibility index (Phi) is 4.30. The largest absolute Gasteiger partial charge is 0.367 e. The third-order valence-corrected chi connectivity index (χ3v) is 5.99. The van der Waals surface area contributed by atoms with Crippen LogP contribution in [0.15, 0.2) is 60.8 Å². The molecular weight excluding hydrogens is 316 g/mol. The zero-order valence-corrected chi connectivity index (χ0v) is 14.3. The van der Waals surface area contributed by atoms with E-state index >= 15 is 0 Å². The van der Waals surface area contributed by atoms with Crippen LogP contribution in [0.3, 0.4) is 0 Å². The number of hydrogen-bond acceptors (Lipinski definition) is 3. The maximum atomic E-state index is 11.4. The Balaban J connectivity index is 1.56. The van der Waals surface area contributed by atoms with Crippen molar-refractivity contribution in [1.82, 2.24) is 4.98 Å². The van der Waals surface area contributed by atoms with Crippen LogP contribution in [-0.2, 0) is 10.8 Å². The first kappa shape index (κ1) is 15.3. The van der Waals surface area contributed by atoms with Crippen molar-refractivity contribution in [2.75, 3.05) is 16.8 Å². The summed E-state index contributed by atoms with van der Waals surface area (Å²) in [5.41, 5.74) is 2.34. The molecular formula is C20H20N2OS. The molecule has 0 unspecified atom stereocenters. The minimum atomic E-state index is -0.621. The molecule has 0 atom stereocenters. The number of rotatable bonds is 3. The van der Waals surface area contributed by atoms with Crippen LogP contribution in [-0.4, -0.2) is 26.7 Å². The van der Waals surface area contributed by atoms with Crippen LogP contribution in [0.5, 0.6) is 0 Å². The lowest BCUT2D eigenvalue weighted by Crippen LogP contribution is -2.29. The fourth-order valence-electron chi connectivity index (χ4n) is 3.26. The van der Waals surface area contributed by atoms with Gasteiger partial charge in [-0.15, -0.1) is 0 Å². The quantitative estimate of drug-likeness (QED) is 0.778. The Labute approximate surface area is 144 Å². The maximum Gasteiger partial charge on any atom is 0.126 e. The number of aromatic nitrogens is 1. The molecule has 0 radical (unpaired) electrons. The average molecular weight is 336 g/mol. The first-order valence-electron chi connectivity index (χ1n) is 8.35. The van der Waals surface area contributed by atoms with Crippen molar-refractivity contribution in [1.29, 1.82) is 0 Å². The highest BCUT2D eigenvalue weighted by molar-refractivity contribution is 7.85. The third kappa shape index (κ3) is 3.20.